The number of carbonyl (C=O) groups excluding carboxylic acids is 1. The van der Waals surface area contributed by atoms with Crippen LogP contribution in [0.4, 0.5) is 0 Å². The second-order valence-electron chi connectivity index (χ2n) is 6.90. The van der Waals surface area contributed by atoms with Gasteiger partial charge in [0.2, 0.25) is 0 Å². The Balaban J connectivity index is 1.95. The maximum atomic E-state index is 13.6. The fraction of sp³-hybridized carbons (Fsp3) is 0.261. The van der Waals surface area contributed by atoms with E-state index in [1.807, 2.05) is 29.6 Å². The third-order valence-corrected chi connectivity index (χ3v) is 6.96. The lowest BCUT2D eigenvalue weighted by molar-refractivity contribution is -0.139. The first-order valence-electron chi connectivity index (χ1n) is 9.94. The number of para-hydroxylation sites is 1. The highest BCUT2D eigenvalue weighted by Gasteiger charge is 2.33. The van der Waals surface area contributed by atoms with Crippen molar-refractivity contribution >= 4 is 34.7 Å². The molecule has 0 fully saturated rings. The number of fused-ring (bicyclic) bond motifs is 1. The van der Waals surface area contributed by atoms with E-state index >= 15 is 0 Å². The summed E-state index contributed by atoms with van der Waals surface area (Å²) in [7, 11) is 3.12. The molecule has 0 saturated heterocycles. The Labute approximate surface area is 192 Å². The molecule has 1 aliphatic rings. The number of allylic oxidation sites excluding steroid dienone is 1. The van der Waals surface area contributed by atoms with E-state index in [4.69, 9.17) is 14.2 Å². The number of methoxy groups -OCH3 is 2. The van der Waals surface area contributed by atoms with Gasteiger partial charge in [0.15, 0.2) is 16.3 Å². The summed E-state index contributed by atoms with van der Waals surface area (Å²) in [5.41, 5.74) is 1.42. The van der Waals surface area contributed by atoms with Crippen molar-refractivity contribution in [2.75, 3.05) is 20.8 Å². The van der Waals surface area contributed by atoms with Gasteiger partial charge in [0.05, 0.1) is 36.6 Å². The first-order valence-corrected chi connectivity index (χ1v) is 11.6. The van der Waals surface area contributed by atoms with Gasteiger partial charge >= 0.3 is 5.97 Å². The molecule has 0 spiro atoms. The number of hydrogen-bond acceptors (Lipinski definition) is 8. The first-order chi connectivity index (χ1) is 15.5. The Kier molecular flexibility index (Phi) is 6.29. The third-order valence-electron chi connectivity index (χ3n) is 5.05. The summed E-state index contributed by atoms with van der Waals surface area (Å²) in [5, 5.41) is 1.92. The number of aromatic nitrogens is 1. The van der Waals surface area contributed by atoms with Gasteiger partial charge in [-0.05, 0) is 37.4 Å². The molecule has 0 N–H and O–H groups in total. The van der Waals surface area contributed by atoms with Crippen molar-refractivity contribution in [2.24, 2.45) is 4.99 Å². The maximum absolute atomic E-state index is 13.6. The van der Waals surface area contributed by atoms with Gasteiger partial charge in [0, 0.05) is 10.4 Å². The molecule has 0 aliphatic carbocycles. The second-order valence-corrected chi connectivity index (χ2v) is 8.89. The van der Waals surface area contributed by atoms with Crippen LogP contribution in [-0.2, 0) is 9.53 Å². The summed E-state index contributed by atoms with van der Waals surface area (Å²) in [6.07, 6.45) is 1.76. The van der Waals surface area contributed by atoms with Crippen molar-refractivity contribution < 1.29 is 19.0 Å². The van der Waals surface area contributed by atoms with Crippen LogP contribution in [0.3, 0.4) is 0 Å². The van der Waals surface area contributed by atoms with Gasteiger partial charge in [0.1, 0.15) is 6.04 Å². The molecule has 0 amide bonds. The van der Waals surface area contributed by atoms with Gasteiger partial charge in [-0.2, -0.15) is 0 Å². The first kappa shape index (κ1) is 22.0. The lowest BCUT2D eigenvalue weighted by Crippen LogP contribution is -2.39. The Morgan fingerprint density at radius 1 is 1.22 bits per heavy atom. The SMILES string of the molecule is CCOC(=O)C1=C(C)N=c2s/c(=C/c3cccc(OC)c3OC)c(=O)n2[C@H]1c1cccs1. The van der Waals surface area contributed by atoms with Crippen LogP contribution < -0.4 is 24.4 Å². The molecule has 1 aromatic carbocycles. The van der Waals surface area contributed by atoms with Crippen molar-refractivity contribution in [1.29, 1.82) is 0 Å². The van der Waals surface area contributed by atoms with Gasteiger partial charge in [-0.3, -0.25) is 9.36 Å². The van der Waals surface area contributed by atoms with Gasteiger partial charge in [0.25, 0.3) is 5.56 Å². The van der Waals surface area contributed by atoms with Crippen LogP contribution in [-0.4, -0.2) is 31.4 Å². The van der Waals surface area contributed by atoms with E-state index in [1.54, 1.807) is 44.8 Å². The molecule has 3 aromatic rings. The number of esters is 1. The van der Waals surface area contributed by atoms with Crippen LogP contribution in [0.15, 0.2) is 56.8 Å². The van der Waals surface area contributed by atoms with Crippen molar-refractivity contribution in [3.8, 4) is 11.5 Å². The molecule has 1 aliphatic heterocycles. The average molecular weight is 471 g/mol. The predicted molar refractivity (Wildman–Crippen MR) is 124 cm³/mol. The zero-order valence-electron chi connectivity index (χ0n) is 18.1. The molecule has 0 saturated carbocycles. The topological polar surface area (TPSA) is 79.1 Å². The molecule has 2 aromatic heterocycles. The number of hydrogen-bond donors (Lipinski definition) is 0. The van der Waals surface area contributed by atoms with Gasteiger partial charge < -0.3 is 14.2 Å². The molecule has 166 valence electrons. The largest absolute Gasteiger partial charge is 0.493 e. The number of thiophene rings is 1. The summed E-state index contributed by atoms with van der Waals surface area (Å²) in [5.74, 6) is 0.654. The van der Waals surface area contributed by atoms with Crippen LogP contribution in [0.25, 0.3) is 6.08 Å². The fourth-order valence-corrected chi connectivity index (χ4v) is 5.54. The van der Waals surface area contributed by atoms with Crippen molar-refractivity contribution in [1.82, 2.24) is 4.57 Å². The number of rotatable bonds is 6. The van der Waals surface area contributed by atoms with Crippen molar-refractivity contribution in [3.63, 3.8) is 0 Å². The summed E-state index contributed by atoms with van der Waals surface area (Å²) < 4.78 is 18.2. The lowest BCUT2D eigenvalue weighted by atomic mass is 10.0. The Morgan fingerprint density at radius 3 is 2.69 bits per heavy atom. The van der Waals surface area contributed by atoms with Crippen molar-refractivity contribution in [2.45, 2.75) is 19.9 Å². The molecule has 3 heterocycles. The third kappa shape index (κ3) is 3.78. The van der Waals surface area contributed by atoms with E-state index in [0.29, 0.717) is 37.7 Å². The molecule has 0 bridgehead atoms. The Hall–Kier alpha value is -3.17. The van der Waals surface area contributed by atoms with Crippen molar-refractivity contribution in [3.05, 3.63) is 77.1 Å². The molecule has 0 unspecified atom stereocenters. The zero-order chi connectivity index (χ0) is 22.8. The highest BCUT2D eigenvalue weighted by atomic mass is 32.1. The van der Waals surface area contributed by atoms with E-state index in [0.717, 1.165) is 4.88 Å². The molecule has 1 atom stereocenters. The highest BCUT2D eigenvalue weighted by molar-refractivity contribution is 7.10. The number of benzene rings is 1. The molecular formula is C23H22N2O5S2. The van der Waals surface area contributed by atoms with Crippen LogP contribution in [0.1, 0.15) is 30.3 Å². The minimum absolute atomic E-state index is 0.230. The Morgan fingerprint density at radius 2 is 2.03 bits per heavy atom. The molecular weight excluding hydrogens is 448 g/mol. The molecule has 0 radical (unpaired) electrons. The monoisotopic (exact) mass is 470 g/mol. The number of carbonyl (C=O) groups is 1. The van der Waals surface area contributed by atoms with Gasteiger partial charge in [-0.25, -0.2) is 9.79 Å². The smallest absolute Gasteiger partial charge is 0.338 e. The zero-order valence-corrected chi connectivity index (χ0v) is 19.7. The van der Waals surface area contributed by atoms with E-state index in [9.17, 15) is 9.59 Å². The second kappa shape index (κ2) is 9.13. The van der Waals surface area contributed by atoms with E-state index in [2.05, 4.69) is 4.99 Å². The molecule has 4 rings (SSSR count). The maximum Gasteiger partial charge on any atom is 0.338 e. The summed E-state index contributed by atoms with van der Waals surface area (Å²) in [4.78, 5) is 32.3. The summed E-state index contributed by atoms with van der Waals surface area (Å²) in [6, 6.07) is 8.71. The Bertz CT molecular complexity index is 1370. The van der Waals surface area contributed by atoms with Crippen LogP contribution in [0.5, 0.6) is 11.5 Å². The standard InChI is InChI=1S/C23H22N2O5S2/c1-5-30-22(27)18-13(2)24-23-25(19(18)16-10-7-11-31-16)21(26)17(32-23)12-14-8-6-9-15(28-3)20(14)29-4/h6-12,19H,5H2,1-4H3/b17-12+/t19-/m0/s1. The fourth-order valence-electron chi connectivity index (χ4n) is 3.67. The number of ether oxygens (including phenoxy) is 3. The van der Waals surface area contributed by atoms with Gasteiger partial charge in [-0.1, -0.05) is 29.5 Å². The van der Waals surface area contributed by atoms with Crippen LogP contribution in [0.2, 0.25) is 0 Å². The van der Waals surface area contributed by atoms with Gasteiger partial charge in [-0.15, -0.1) is 11.3 Å². The molecule has 9 heteroatoms. The predicted octanol–water partition coefficient (Wildman–Crippen LogP) is 2.88. The van der Waals surface area contributed by atoms with E-state index in [1.165, 1.54) is 22.7 Å². The summed E-state index contributed by atoms with van der Waals surface area (Å²) in [6.45, 7) is 3.77. The number of nitrogens with zero attached hydrogens (tertiary/aromatic N) is 2. The van der Waals surface area contributed by atoms with E-state index in [-0.39, 0.29) is 12.2 Å². The summed E-state index contributed by atoms with van der Waals surface area (Å²) >= 11 is 2.75. The van der Waals surface area contributed by atoms with Crippen LogP contribution >= 0.6 is 22.7 Å². The van der Waals surface area contributed by atoms with Crippen LogP contribution in [0, 0.1) is 0 Å². The minimum Gasteiger partial charge on any atom is -0.493 e. The lowest BCUT2D eigenvalue weighted by Gasteiger charge is -2.23. The van der Waals surface area contributed by atoms with E-state index < -0.39 is 12.0 Å². The quantitative estimate of drug-likeness (QED) is 0.518. The minimum atomic E-state index is -0.584. The molecule has 7 nitrogen and oxygen atoms in total. The normalized spacial score (nSPS) is 15.9. The average Bonchev–Trinajstić information content (AvgIpc) is 3.41. The highest BCUT2D eigenvalue weighted by Crippen LogP contribution is 2.33. The number of thiazole rings is 1. The molecule has 32 heavy (non-hydrogen) atoms.